The summed E-state index contributed by atoms with van der Waals surface area (Å²) >= 11 is 0. The molecule has 0 saturated carbocycles. The third-order valence-corrected chi connectivity index (χ3v) is 6.46. The minimum Gasteiger partial charge on any atom is -0.317 e. The van der Waals surface area contributed by atoms with Gasteiger partial charge in [0.05, 0.1) is 0 Å². The fourth-order valence-corrected chi connectivity index (χ4v) is 5.41. The van der Waals surface area contributed by atoms with Crippen LogP contribution in [0.25, 0.3) is 0 Å². The zero-order chi connectivity index (χ0) is 14.6. The maximum atomic E-state index is 13.0. The first kappa shape index (κ1) is 19.2. The van der Waals surface area contributed by atoms with Crippen LogP contribution in [0, 0.1) is 5.92 Å². The summed E-state index contributed by atoms with van der Waals surface area (Å²) < 4.78 is 29.4. The van der Waals surface area contributed by atoms with Crippen molar-refractivity contribution in [3.8, 4) is 0 Å². The first-order chi connectivity index (χ1) is 9.55. The number of hydrogen-bond donors (Lipinski definition) is 1. The van der Waals surface area contributed by atoms with Crippen LogP contribution in [0.3, 0.4) is 0 Å². The Balaban J connectivity index is 0.00000220. The Morgan fingerprint density at radius 1 is 1.24 bits per heavy atom. The Kier molecular flexibility index (Phi) is 7.92. The molecule has 0 aromatic heterocycles. The molecule has 0 bridgehead atoms. The van der Waals surface area contributed by atoms with Crippen molar-refractivity contribution in [2.75, 3.05) is 32.7 Å². The third-order valence-electron chi connectivity index (χ3n) is 4.40. The van der Waals surface area contributed by atoms with Crippen LogP contribution >= 0.6 is 12.4 Å². The van der Waals surface area contributed by atoms with Crippen molar-refractivity contribution in [2.45, 2.75) is 52.0 Å². The van der Waals surface area contributed by atoms with E-state index in [1.807, 2.05) is 0 Å². The van der Waals surface area contributed by atoms with Crippen molar-refractivity contribution >= 4 is 22.6 Å². The molecule has 2 heterocycles. The molecule has 2 rings (SSSR count). The molecule has 0 amide bonds. The molecular weight excluding hydrogens is 310 g/mol. The largest absolute Gasteiger partial charge is 0.317 e. The molecule has 0 aromatic carbocycles. The Morgan fingerprint density at radius 2 is 1.90 bits per heavy atom. The van der Waals surface area contributed by atoms with Gasteiger partial charge in [0.25, 0.3) is 10.2 Å². The Bertz CT molecular complexity index is 399. The second-order valence-corrected chi connectivity index (χ2v) is 8.09. The van der Waals surface area contributed by atoms with Crippen LogP contribution in [-0.4, -0.2) is 55.8 Å². The molecule has 1 atom stereocenters. The van der Waals surface area contributed by atoms with Crippen LogP contribution in [0.4, 0.5) is 0 Å². The van der Waals surface area contributed by atoms with Gasteiger partial charge in [0, 0.05) is 25.7 Å². The minimum atomic E-state index is -3.28. The molecule has 2 aliphatic rings. The van der Waals surface area contributed by atoms with Gasteiger partial charge >= 0.3 is 0 Å². The molecule has 0 spiro atoms. The van der Waals surface area contributed by atoms with E-state index < -0.39 is 10.2 Å². The van der Waals surface area contributed by atoms with Crippen LogP contribution in [-0.2, 0) is 10.2 Å². The molecule has 5 nitrogen and oxygen atoms in total. The van der Waals surface area contributed by atoms with E-state index in [4.69, 9.17) is 0 Å². The summed E-state index contributed by atoms with van der Waals surface area (Å²) in [6, 6.07) is 0.179. The van der Waals surface area contributed by atoms with E-state index in [-0.39, 0.29) is 18.4 Å². The lowest BCUT2D eigenvalue weighted by atomic mass is 10.0. The molecule has 0 aromatic rings. The molecule has 7 heteroatoms. The first-order valence-corrected chi connectivity index (χ1v) is 9.43. The molecule has 1 N–H and O–H groups in total. The lowest BCUT2D eigenvalue weighted by Gasteiger charge is -2.39. The molecular formula is C14H30ClN3O2S. The molecule has 21 heavy (non-hydrogen) atoms. The summed E-state index contributed by atoms with van der Waals surface area (Å²) in [5.41, 5.74) is 0. The van der Waals surface area contributed by atoms with Gasteiger partial charge in [-0.15, -0.1) is 12.4 Å². The highest BCUT2D eigenvalue weighted by atomic mass is 35.5. The van der Waals surface area contributed by atoms with Crippen molar-refractivity contribution < 1.29 is 8.42 Å². The summed E-state index contributed by atoms with van der Waals surface area (Å²) in [6.45, 7) is 8.09. The number of rotatable bonds is 5. The van der Waals surface area contributed by atoms with Crippen molar-refractivity contribution in [1.82, 2.24) is 13.9 Å². The van der Waals surface area contributed by atoms with Gasteiger partial charge in [-0.3, -0.25) is 0 Å². The average molecular weight is 340 g/mol. The standard InChI is InChI=1S/C14H29N3O2S.ClH/c1-3-10-17(14-6-8-15-9-7-14)20(18,19)16-11-4-5-13(2)12-16;/h13-15H,3-12H2,1-2H3;1H. The summed E-state index contributed by atoms with van der Waals surface area (Å²) in [6.07, 6.45) is 4.89. The lowest BCUT2D eigenvalue weighted by molar-refractivity contribution is 0.217. The van der Waals surface area contributed by atoms with Crippen LogP contribution in [0.2, 0.25) is 0 Å². The number of halogens is 1. The van der Waals surface area contributed by atoms with Crippen molar-refractivity contribution in [3.63, 3.8) is 0 Å². The van der Waals surface area contributed by atoms with Gasteiger partial charge in [-0.25, -0.2) is 0 Å². The van der Waals surface area contributed by atoms with Crippen LogP contribution < -0.4 is 5.32 Å². The maximum Gasteiger partial charge on any atom is 0.282 e. The minimum absolute atomic E-state index is 0. The van der Waals surface area contributed by atoms with Gasteiger partial charge in [0.1, 0.15) is 0 Å². The van der Waals surface area contributed by atoms with E-state index in [1.165, 1.54) is 0 Å². The van der Waals surface area contributed by atoms with Crippen LogP contribution in [0.5, 0.6) is 0 Å². The molecule has 1 unspecified atom stereocenters. The quantitative estimate of drug-likeness (QED) is 0.831. The lowest BCUT2D eigenvalue weighted by Crippen LogP contribution is -2.53. The van der Waals surface area contributed by atoms with E-state index in [1.54, 1.807) is 8.61 Å². The molecule has 2 aliphatic heterocycles. The zero-order valence-corrected chi connectivity index (χ0v) is 14.9. The summed E-state index contributed by atoms with van der Waals surface area (Å²) in [7, 11) is -3.28. The van der Waals surface area contributed by atoms with Crippen molar-refractivity contribution in [3.05, 3.63) is 0 Å². The van der Waals surface area contributed by atoms with Crippen molar-refractivity contribution in [2.24, 2.45) is 5.92 Å². The third kappa shape index (κ3) is 4.79. The number of nitrogens with zero attached hydrogens (tertiary/aromatic N) is 2. The highest BCUT2D eigenvalue weighted by Crippen LogP contribution is 2.24. The molecule has 0 aliphatic carbocycles. The van der Waals surface area contributed by atoms with Crippen LogP contribution in [0.15, 0.2) is 0 Å². The number of piperidine rings is 2. The van der Waals surface area contributed by atoms with E-state index >= 15 is 0 Å². The smallest absolute Gasteiger partial charge is 0.282 e. The van der Waals surface area contributed by atoms with Crippen molar-refractivity contribution in [1.29, 1.82) is 0 Å². The monoisotopic (exact) mass is 339 g/mol. The van der Waals surface area contributed by atoms with Gasteiger partial charge in [-0.05, 0) is 51.1 Å². The van der Waals surface area contributed by atoms with Gasteiger partial charge in [0.15, 0.2) is 0 Å². The summed E-state index contributed by atoms with van der Waals surface area (Å²) in [5.74, 6) is 0.482. The Labute approximate surface area is 136 Å². The fraction of sp³-hybridized carbons (Fsp3) is 1.00. The molecule has 126 valence electrons. The van der Waals surface area contributed by atoms with E-state index in [0.29, 0.717) is 25.6 Å². The zero-order valence-electron chi connectivity index (χ0n) is 13.3. The summed E-state index contributed by atoms with van der Waals surface area (Å²) in [4.78, 5) is 0. The second kappa shape index (κ2) is 8.67. The SMILES string of the molecule is CCCN(C1CCNCC1)S(=O)(=O)N1CCCC(C)C1.Cl. The van der Waals surface area contributed by atoms with Gasteiger partial charge in [0.2, 0.25) is 0 Å². The first-order valence-electron chi connectivity index (χ1n) is 8.03. The molecule has 2 fully saturated rings. The predicted octanol–water partition coefficient (Wildman–Crippen LogP) is 1.85. The maximum absolute atomic E-state index is 13.0. The second-order valence-electron chi connectivity index (χ2n) is 6.21. The van der Waals surface area contributed by atoms with Gasteiger partial charge in [-0.1, -0.05) is 13.8 Å². The van der Waals surface area contributed by atoms with Gasteiger partial charge in [-0.2, -0.15) is 17.0 Å². The normalized spacial score (nSPS) is 25.8. The topological polar surface area (TPSA) is 52.7 Å². The Morgan fingerprint density at radius 3 is 2.48 bits per heavy atom. The average Bonchev–Trinajstić information content (AvgIpc) is 2.45. The Hall–Kier alpha value is 0.120. The van der Waals surface area contributed by atoms with Crippen LogP contribution in [0.1, 0.15) is 46.0 Å². The number of nitrogens with one attached hydrogen (secondary N) is 1. The van der Waals surface area contributed by atoms with E-state index in [2.05, 4.69) is 19.2 Å². The highest BCUT2D eigenvalue weighted by Gasteiger charge is 2.36. The fourth-order valence-electron chi connectivity index (χ4n) is 3.31. The highest BCUT2D eigenvalue weighted by molar-refractivity contribution is 7.86. The number of hydrogen-bond acceptors (Lipinski definition) is 3. The van der Waals surface area contributed by atoms with E-state index in [9.17, 15) is 8.42 Å². The summed E-state index contributed by atoms with van der Waals surface area (Å²) in [5, 5.41) is 3.31. The van der Waals surface area contributed by atoms with Gasteiger partial charge < -0.3 is 5.32 Å². The molecule has 0 radical (unpaired) electrons. The van der Waals surface area contributed by atoms with E-state index in [0.717, 1.165) is 45.2 Å². The molecule has 2 saturated heterocycles. The predicted molar refractivity (Wildman–Crippen MR) is 89.0 cm³/mol.